The van der Waals surface area contributed by atoms with E-state index in [0.29, 0.717) is 24.7 Å². The maximum Gasteiger partial charge on any atom is 0.223 e. The Labute approximate surface area is 232 Å². The summed E-state index contributed by atoms with van der Waals surface area (Å²) in [6.45, 7) is 6.91. The molecule has 2 N–H and O–H groups in total. The summed E-state index contributed by atoms with van der Waals surface area (Å²) in [7, 11) is 1.58. The van der Waals surface area contributed by atoms with Crippen LogP contribution in [0.25, 0.3) is 0 Å². The van der Waals surface area contributed by atoms with Gasteiger partial charge in [0.15, 0.2) is 11.6 Å². The van der Waals surface area contributed by atoms with Gasteiger partial charge in [-0.2, -0.15) is 0 Å². The van der Waals surface area contributed by atoms with E-state index in [0.717, 1.165) is 31.2 Å². The zero-order valence-electron chi connectivity index (χ0n) is 24.1. The molecule has 1 saturated heterocycles. The van der Waals surface area contributed by atoms with Crippen molar-refractivity contribution < 1.29 is 33.8 Å². The van der Waals surface area contributed by atoms with Crippen molar-refractivity contribution in [3.05, 3.63) is 29.8 Å². The largest absolute Gasteiger partial charge is 0.497 e. The van der Waals surface area contributed by atoms with Gasteiger partial charge in [-0.15, -0.1) is 0 Å². The van der Waals surface area contributed by atoms with Gasteiger partial charge in [-0.25, -0.2) is 0 Å². The third kappa shape index (κ3) is 9.53. The molecule has 2 aliphatic rings. The smallest absolute Gasteiger partial charge is 0.223 e. The van der Waals surface area contributed by atoms with Crippen LogP contribution in [0, 0.1) is 17.8 Å². The molecule has 0 bridgehead atoms. The number of rotatable bonds is 16. The van der Waals surface area contributed by atoms with Crippen molar-refractivity contribution >= 4 is 23.3 Å². The molecule has 8 nitrogen and oxygen atoms in total. The van der Waals surface area contributed by atoms with Gasteiger partial charge in [-0.05, 0) is 57.2 Å². The number of amides is 1. The molecule has 216 valence electrons. The van der Waals surface area contributed by atoms with Crippen molar-refractivity contribution in [2.75, 3.05) is 13.7 Å². The first-order valence-corrected chi connectivity index (χ1v) is 14.2. The summed E-state index contributed by atoms with van der Waals surface area (Å²) in [5.74, 6) is -0.854. The van der Waals surface area contributed by atoms with Crippen LogP contribution in [0.5, 0.6) is 5.75 Å². The molecule has 1 aliphatic heterocycles. The quantitative estimate of drug-likeness (QED) is 0.302. The summed E-state index contributed by atoms with van der Waals surface area (Å²) in [4.78, 5) is 52.6. The maximum atomic E-state index is 13.7. The maximum absolute atomic E-state index is 13.7. The molecule has 8 heteroatoms. The summed E-state index contributed by atoms with van der Waals surface area (Å²) in [5, 5.41) is 12.8. The van der Waals surface area contributed by atoms with Crippen LogP contribution in [-0.4, -0.2) is 59.3 Å². The topological polar surface area (TPSA) is 122 Å². The van der Waals surface area contributed by atoms with Crippen LogP contribution in [0.2, 0.25) is 0 Å². The van der Waals surface area contributed by atoms with Crippen molar-refractivity contribution in [3.8, 4) is 5.75 Å². The minimum absolute atomic E-state index is 0.0251. The third-order valence-electron chi connectivity index (χ3n) is 7.92. The molecule has 1 aromatic carbocycles. The van der Waals surface area contributed by atoms with E-state index in [4.69, 9.17) is 9.47 Å². The first-order valence-electron chi connectivity index (χ1n) is 14.2. The van der Waals surface area contributed by atoms with Crippen LogP contribution in [0.4, 0.5) is 0 Å². The van der Waals surface area contributed by atoms with E-state index in [2.05, 4.69) is 5.32 Å². The second-order valence-electron chi connectivity index (χ2n) is 12.4. The van der Waals surface area contributed by atoms with Crippen molar-refractivity contribution in [3.63, 3.8) is 0 Å². The van der Waals surface area contributed by atoms with E-state index in [9.17, 15) is 24.3 Å². The average molecular weight is 544 g/mol. The van der Waals surface area contributed by atoms with E-state index in [1.165, 1.54) is 0 Å². The zero-order valence-corrected chi connectivity index (χ0v) is 24.1. The molecule has 4 atom stereocenters. The van der Waals surface area contributed by atoms with Gasteiger partial charge in [0, 0.05) is 31.1 Å². The number of hydrogen-bond acceptors (Lipinski definition) is 7. The van der Waals surface area contributed by atoms with E-state index in [1.54, 1.807) is 46.9 Å². The van der Waals surface area contributed by atoms with Crippen LogP contribution in [0.1, 0.15) is 84.6 Å². The van der Waals surface area contributed by atoms with Gasteiger partial charge < -0.3 is 19.9 Å². The Morgan fingerprint density at radius 1 is 1.13 bits per heavy atom. The second-order valence-corrected chi connectivity index (χ2v) is 12.4. The van der Waals surface area contributed by atoms with Gasteiger partial charge in [-0.1, -0.05) is 44.7 Å². The van der Waals surface area contributed by atoms with Crippen molar-refractivity contribution in [1.29, 1.82) is 0 Å². The third-order valence-corrected chi connectivity index (χ3v) is 7.92. The highest BCUT2D eigenvalue weighted by molar-refractivity contribution is 5.97. The molecule has 0 spiro atoms. The van der Waals surface area contributed by atoms with Crippen LogP contribution in [-0.2, 0) is 30.3 Å². The summed E-state index contributed by atoms with van der Waals surface area (Å²) in [6, 6.07) is 6.45. The number of aliphatic hydroxyl groups is 1. The molecule has 0 unspecified atom stereocenters. The molecule has 1 aromatic rings. The van der Waals surface area contributed by atoms with Crippen LogP contribution in [0.15, 0.2) is 24.3 Å². The summed E-state index contributed by atoms with van der Waals surface area (Å²) in [5.41, 5.74) is -1.12. The number of nitrogens with one attached hydrogen (secondary N) is 1. The lowest BCUT2D eigenvalue weighted by molar-refractivity contribution is -0.135. The van der Waals surface area contributed by atoms with Crippen molar-refractivity contribution in [2.45, 2.75) is 103 Å². The fourth-order valence-corrected chi connectivity index (χ4v) is 5.54. The van der Waals surface area contributed by atoms with E-state index >= 15 is 0 Å². The van der Waals surface area contributed by atoms with Crippen LogP contribution in [0.3, 0.4) is 0 Å². The van der Waals surface area contributed by atoms with Gasteiger partial charge in [-0.3, -0.25) is 19.2 Å². The number of benzene rings is 1. The second kappa shape index (κ2) is 13.2. The van der Waals surface area contributed by atoms with Gasteiger partial charge in [0.25, 0.3) is 0 Å². The normalized spacial score (nSPS) is 21.6. The van der Waals surface area contributed by atoms with Gasteiger partial charge in [0.2, 0.25) is 5.91 Å². The molecule has 1 aliphatic carbocycles. The highest BCUT2D eigenvalue weighted by Gasteiger charge is 2.50. The number of Topliss-reactive ketones (excluding diaryl/α,β-unsaturated/α-hetero) is 3. The van der Waals surface area contributed by atoms with E-state index in [-0.39, 0.29) is 43.0 Å². The molecule has 0 radical (unpaired) electrons. The fraction of sp³-hybridized carbons (Fsp3) is 0.677. The SMILES string of the molecule is COc1ccc(C[C@H](NC(=O)[C@H](C)CC(=O)CC(C)(C)O)C(=O)C[C@@H](CC2CCCC2)C(=O)[C@@]2(C)CO2)cc1. The van der Waals surface area contributed by atoms with E-state index in [1.807, 2.05) is 12.1 Å². The molecular weight excluding hydrogens is 498 g/mol. The lowest BCUT2D eigenvalue weighted by Crippen LogP contribution is -2.46. The molecule has 39 heavy (non-hydrogen) atoms. The lowest BCUT2D eigenvalue weighted by Gasteiger charge is -2.25. The first kappa shape index (κ1) is 31.0. The lowest BCUT2D eigenvalue weighted by atomic mass is 9.81. The van der Waals surface area contributed by atoms with E-state index < -0.39 is 35.0 Å². The summed E-state index contributed by atoms with van der Waals surface area (Å²) in [6.07, 6.45) is 5.31. The highest BCUT2D eigenvalue weighted by Crippen LogP contribution is 2.37. The Morgan fingerprint density at radius 2 is 1.74 bits per heavy atom. The summed E-state index contributed by atoms with van der Waals surface area (Å²) < 4.78 is 10.7. The Kier molecular flexibility index (Phi) is 10.5. The van der Waals surface area contributed by atoms with Crippen LogP contribution < -0.4 is 10.1 Å². The number of carbonyl (C=O) groups excluding carboxylic acids is 4. The standard InChI is InChI=1S/C31H45NO7/c1-20(14-24(33)18-30(2,3)37)29(36)32-26(16-22-10-12-25(38-5)13-11-22)27(34)17-23(15-21-8-6-7-9-21)28(35)31(4)19-39-31/h10-13,20-21,23,26,37H,6-9,14-19H2,1-5H3,(H,32,36)/t20-,23-,26+,31-/m1/s1. The number of ketones is 3. The minimum Gasteiger partial charge on any atom is -0.497 e. The molecular formula is C31H45NO7. The number of epoxide rings is 1. The number of carbonyl (C=O) groups is 4. The van der Waals surface area contributed by atoms with Gasteiger partial charge in [0.1, 0.15) is 17.1 Å². The van der Waals surface area contributed by atoms with Crippen molar-refractivity contribution in [2.24, 2.45) is 17.8 Å². The molecule has 3 rings (SSSR count). The highest BCUT2D eigenvalue weighted by atomic mass is 16.6. The Bertz CT molecular complexity index is 1020. The minimum atomic E-state index is -1.15. The number of hydrogen-bond donors (Lipinski definition) is 2. The fourth-order valence-electron chi connectivity index (χ4n) is 5.54. The Morgan fingerprint density at radius 3 is 2.28 bits per heavy atom. The number of methoxy groups -OCH3 is 1. The molecule has 2 fully saturated rings. The van der Waals surface area contributed by atoms with Crippen LogP contribution >= 0.6 is 0 Å². The van der Waals surface area contributed by atoms with Gasteiger partial charge in [0.05, 0.1) is 25.4 Å². The van der Waals surface area contributed by atoms with Gasteiger partial charge >= 0.3 is 0 Å². The predicted octanol–water partition coefficient (Wildman–Crippen LogP) is 3.99. The zero-order chi connectivity index (χ0) is 28.8. The first-order chi connectivity index (χ1) is 18.3. The Balaban J connectivity index is 1.75. The molecule has 1 amide bonds. The predicted molar refractivity (Wildman–Crippen MR) is 147 cm³/mol. The molecule has 0 aromatic heterocycles. The number of ether oxygens (including phenoxy) is 2. The Hall–Kier alpha value is -2.58. The monoisotopic (exact) mass is 543 g/mol. The average Bonchev–Trinajstić information content (AvgIpc) is 3.40. The summed E-state index contributed by atoms with van der Waals surface area (Å²) >= 11 is 0. The molecule has 1 heterocycles. The van der Waals surface area contributed by atoms with Crippen molar-refractivity contribution in [1.82, 2.24) is 5.32 Å². The molecule has 1 saturated carbocycles.